The summed E-state index contributed by atoms with van der Waals surface area (Å²) in [7, 11) is 0. The molecule has 0 bridgehead atoms. The molecule has 0 aliphatic heterocycles. The van der Waals surface area contributed by atoms with E-state index in [9.17, 15) is 17.6 Å². The van der Waals surface area contributed by atoms with Crippen LogP contribution < -0.4 is 5.32 Å². The van der Waals surface area contributed by atoms with E-state index in [1.807, 2.05) is 0 Å². The maximum absolute atomic E-state index is 12.9. The Morgan fingerprint density at radius 2 is 1.93 bits per heavy atom. The van der Waals surface area contributed by atoms with Crippen molar-refractivity contribution in [2.75, 3.05) is 11.9 Å². The van der Waals surface area contributed by atoms with Crippen molar-refractivity contribution in [2.24, 2.45) is 0 Å². The number of hydrogen-bond acceptors (Lipinski definition) is 1. The molecule has 0 aliphatic carbocycles. The van der Waals surface area contributed by atoms with Crippen LogP contribution in [0.25, 0.3) is 0 Å². The molecule has 1 aromatic rings. The van der Waals surface area contributed by atoms with Gasteiger partial charge in [0.25, 0.3) is 0 Å². The lowest BCUT2D eigenvalue weighted by Gasteiger charge is -2.09. The Hall–Kier alpha value is -1.26. The maximum Gasteiger partial charge on any atom is 0.419 e. The van der Waals surface area contributed by atoms with Crippen LogP contribution in [0, 0.1) is 5.82 Å². The number of rotatable bonds is 2. The van der Waals surface area contributed by atoms with Gasteiger partial charge in [0.15, 0.2) is 0 Å². The van der Waals surface area contributed by atoms with Gasteiger partial charge >= 0.3 is 6.18 Å². The molecule has 14 heavy (non-hydrogen) atoms. The molecule has 5 heteroatoms. The van der Waals surface area contributed by atoms with Gasteiger partial charge in [-0.05, 0) is 25.1 Å². The number of benzene rings is 1. The smallest absolute Gasteiger partial charge is 0.385 e. The van der Waals surface area contributed by atoms with Crippen LogP contribution in [0.15, 0.2) is 18.2 Å². The van der Waals surface area contributed by atoms with Gasteiger partial charge in [-0.15, -0.1) is 0 Å². The Bertz CT molecular complexity index is 319. The standard InChI is InChI=1S/C9H9F4N/c1-2-14-6-3-4-7(8(10)5-6)9(11,12)13/h3-5,14H,2H2,1H3. The second-order valence-electron chi connectivity index (χ2n) is 2.72. The lowest BCUT2D eigenvalue weighted by molar-refractivity contribution is -0.139. The maximum atomic E-state index is 12.9. The molecule has 0 heterocycles. The van der Waals surface area contributed by atoms with Crippen LogP contribution in [0.4, 0.5) is 23.2 Å². The molecule has 1 nitrogen and oxygen atoms in total. The van der Waals surface area contributed by atoms with Crippen LogP contribution >= 0.6 is 0 Å². The summed E-state index contributed by atoms with van der Waals surface area (Å²) in [5.41, 5.74) is -0.892. The Morgan fingerprint density at radius 3 is 2.36 bits per heavy atom. The van der Waals surface area contributed by atoms with Gasteiger partial charge in [0.1, 0.15) is 5.82 Å². The number of nitrogens with one attached hydrogen (secondary N) is 1. The van der Waals surface area contributed by atoms with Crippen molar-refractivity contribution in [1.82, 2.24) is 0 Å². The zero-order chi connectivity index (χ0) is 10.8. The normalized spacial score (nSPS) is 11.5. The van der Waals surface area contributed by atoms with Gasteiger partial charge in [-0.1, -0.05) is 0 Å². The molecule has 0 fully saturated rings. The molecule has 0 radical (unpaired) electrons. The van der Waals surface area contributed by atoms with Crippen LogP contribution in [-0.4, -0.2) is 6.54 Å². The van der Waals surface area contributed by atoms with E-state index in [0.717, 1.165) is 12.1 Å². The zero-order valence-electron chi connectivity index (χ0n) is 7.45. The SMILES string of the molecule is CCNc1ccc(C(F)(F)F)c(F)c1. The van der Waals surface area contributed by atoms with Gasteiger partial charge in [-0.2, -0.15) is 13.2 Å². The molecule has 0 saturated carbocycles. The summed E-state index contributed by atoms with van der Waals surface area (Å²) in [5.74, 6) is -1.25. The third kappa shape index (κ3) is 2.37. The van der Waals surface area contributed by atoms with Gasteiger partial charge in [-0.3, -0.25) is 0 Å². The Labute approximate surface area is 78.7 Å². The summed E-state index contributed by atoms with van der Waals surface area (Å²) < 4.78 is 49.2. The summed E-state index contributed by atoms with van der Waals surface area (Å²) >= 11 is 0. The van der Waals surface area contributed by atoms with Gasteiger partial charge in [0.05, 0.1) is 5.56 Å². The summed E-state index contributed by atoms with van der Waals surface area (Å²) in [5, 5.41) is 2.72. The molecular weight excluding hydrogens is 198 g/mol. The topological polar surface area (TPSA) is 12.0 Å². The van der Waals surface area contributed by atoms with Crippen LogP contribution in [0.5, 0.6) is 0 Å². The fourth-order valence-electron chi connectivity index (χ4n) is 1.06. The lowest BCUT2D eigenvalue weighted by Crippen LogP contribution is -2.08. The minimum absolute atomic E-state index is 0.345. The molecule has 0 aromatic heterocycles. The van der Waals surface area contributed by atoms with E-state index in [0.29, 0.717) is 12.2 Å². The van der Waals surface area contributed by atoms with E-state index in [2.05, 4.69) is 5.32 Å². The molecule has 0 atom stereocenters. The molecular formula is C9H9F4N. The van der Waals surface area contributed by atoms with Crippen LogP contribution in [0.3, 0.4) is 0 Å². The summed E-state index contributed by atoms with van der Waals surface area (Å²) in [4.78, 5) is 0. The molecule has 1 rings (SSSR count). The predicted molar refractivity (Wildman–Crippen MR) is 45.6 cm³/mol. The van der Waals surface area contributed by atoms with Crippen molar-refractivity contribution in [1.29, 1.82) is 0 Å². The van der Waals surface area contributed by atoms with E-state index in [-0.39, 0.29) is 0 Å². The molecule has 0 unspecified atom stereocenters. The zero-order valence-corrected chi connectivity index (χ0v) is 7.45. The highest BCUT2D eigenvalue weighted by Gasteiger charge is 2.33. The number of anilines is 1. The third-order valence-corrected chi connectivity index (χ3v) is 1.66. The summed E-state index contributed by atoms with van der Waals surface area (Å²) in [6.07, 6.45) is -4.63. The predicted octanol–water partition coefficient (Wildman–Crippen LogP) is 3.28. The second kappa shape index (κ2) is 3.86. The number of hydrogen-bond donors (Lipinski definition) is 1. The molecule has 0 saturated heterocycles. The first-order chi connectivity index (χ1) is 6.45. The molecule has 0 aliphatic rings. The van der Waals surface area contributed by atoms with Crippen LogP contribution in [0.2, 0.25) is 0 Å². The average Bonchev–Trinajstić information content (AvgIpc) is 2.02. The Morgan fingerprint density at radius 1 is 1.29 bits per heavy atom. The van der Waals surface area contributed by atoms with Gasteiger partial charge in [0, 0.05) is 12.2 Å². The fourth-order valence-corrected chi connectivity index (χ4v) is 1.06. The molecule has 1 aromatic carbocycles. The third-order valence-electron chi connectivity index (χ3n) is 1.66. The fraction of sp³-hybridized carbons (Fsp3) is 0.333. The first kappa shape index (κ1) is 10.8. The highest BCUT2D eigenvalue weighted by atomic mass is 19.4. The minimum Gasteiger partial charge on any atom is -0.385 e. The minimum atomic E-state index is -4.63. The van der Waals surface area contributed by atoms with Crippen molar-refractivity contribution < 1.29 is 17.6 Å². The van der Waals surface area contributed by atoms with Gasteiger partial charge < -0.3 is 5.32 Å². The van der Waals surface area contributed by atoms with E-state index >= 15 is 0 Å². The highest BCUT2D eigenvalue weighted by Crippen LogP contribution is 2.32. The molecule has 1 N–H and O–H groups in total. The molecule has 0 amide bonds. The second-order valence-corrected chi connectivity index (χ2v) is 2.72. The van der Waals surface area contributed by atoms with Crippen molar-refractivity contribution in [3.63, 3.8) is 0 Å². The van der Waals surface area contributed by atoms with Gasteiger partial charge in [0.2, 0.25) is 0 Å². The largest absolute Gasteiger partial charge is 0.419 e. The summed E-state index contributed by atoms with van der Waals surface area (Å²) in [6, 6.07) is 2.77. The van der Waals surface area contributed by atoms with Crippen molar-refractivity contribution in [3.8, 4) is 0 Å². The number of halogens is 4. The van der Waals surface area contributed by atoms with E-state index in [1.54, 1.807) is 6.92 Å². The van der Waals surface area contributed by atoms with E-state index < -0.39 is 17.6 Å². The van der Waals surface area contributed by atoms with Crippen LogP contribution in [0.1, 0.15) is 12.5 Å². The van der Waals surface area contributed by atoms with Crippen molar-refractivity contribution in [3.05, 3.63) is 29.6 Å². The summed E-state index contributed by atoms with van der Waals surface area (Å²) in [6.45, 7) is 2.31. The van der Waals surface area contributed by atoms with Crippen molar-refractivity contribution >= 4 is 5.69 Å². The Kier molecular flexibility index (Phi) is 2.98. The average molecular weight is 207 g/mol. The van der Waals surface area contributed by atoms with Crippen molar-refractivity contribution in [2.45, 2.75) is 13.1 Å². The van der Waals surface area contributed by atoms with E-state index in [1.165, 1.54) is 6.07 Å². The van der Waals surface area contributed by atoms with E-state index in [4.69, 9.17) is 0 Å². The highest BCUT2D eigenvalue weighted by molar-refractivity contribution is 5.45. The lowest BCUT2D eigenvalue weighted by atomic mass is 10.2. The first-order valence-electron chi connectivity index (χ1n) is 4.05. The van der Waals surface area contributed by atoms with Crippen LogP contribution in [-0.2, 0) is 6.18 Å². The van der Waals surface area contributed by atoms with Gasteiger partial charge in [-0.25, -0.2) is 4.39 Å². The number of alkyl halides is 3. The monoisotopic (exact) mass is 207 g/mol. The Balaban J connectivity index is 3.02. The molecule has 0 spiro atoms. The molecule has 78 valence electrons. The quantitative estimate of drug-likeness (QED) is 0.734. The first-order valence-corrected chi connectivity index (χ1v) is 4.05.